The average molecular weight is 442 g/mol. The summed E-state index contributed by atoms with van der Waals surface area (Å²) in [6.45, 7) is 4.37. The van der Waals surface area contributed by atoms with E-state index in [2.05, 4.69) is 70.9 Å². The zero-order valence-electron chi connectivity index (χ0n) is 18.8. The van der Waals surface area contributed by atoms with Crippen LogP contribution in [0.15, 0.2) is 91.0 Å². The number of rotatable bonds is 5. The van der Waals surface area contributed by atoms with Gasteiger partial charge in [0.25, 0.3) is 0 Å². The Morgan fingerprint density at radius 1 is 0.848 bits per heavy atom. The molecule has 2 saturated heterocycles. The summed E-state index contributed by atoms with van der Waals surface area (Å²) >= 11 is 0. The molecule has 2 aliphatic heterocycles. The summed E-state index contributed by atoms with van der Waals surface area (Å²) in [5.74, 6) is 0.277. The Bertz CT molecular complexity index is 989. The van der Waals surface area contributed by atoms with Crippen LogP contribution >= 0.6 is 0 Å². The maximum Gasteiger partial charge on any atom is 0.410 e. The van der Waals surface area contributed by atoms with Gasteiger partial charge in [0, 0.05) is 50.7 Å². The second-order valence-electron chi connectivity index (χ2n) is 8.90. The molecule has 5 rings (SSSR count). The maximum atomic E-state index is 12.8. The fraction of sp³-hybridized carbons (Fsp3) is 0.321. The van der Waals surface area contributed by atoms with E-state index in [1.165, 1.54) is 11.1 Å². The van der Waals surface area contributed by atoms with Crippen LogP contribution in [0.4, 0.5) is 4.79 Å². The second-order valence-corrected chi connectivity index (χ2v) is 8.90. The number of hydrogen-bond acceptors (Lipinski definition) is 4. The molecule has 5 nitrogen and oxygen atoms in total. The minimum Gasteiger partial charge on any atom is -0.445 e. The van der Waals surface area contributed by atoms with Crippen molar-refractivity contribution >= 4 is 6.09 Å². The number of carbonyl (C=O) groups is 1. The highest BCUT2D eigenvalue weighted by Crippen LogP contribution is 2.34. The van der Waals surface area contributed by atoms with Gasteiger partial charge in [0.2, 0.25) is 0 Å². The minimum absolute atomic E-state index is 0.219. The molecule has 0 spiro atoms. The Labute approximate surface area is 196 Å². The van der Waals surface area contributed by atoms with Gasteiger partial charge in [-0.25, -0.2) is 4.79 Å². The highest BCUT2D eigenvalue weighted by atomic mass is 16.6. The Hall–Kier alpha value is -3.15. The Morgan fingerprint density at radius 3 is 2.09 bits per heavy atom. The van der Waals surface area contributed by atoms with Crippen LogP contribution in [0.1, 0.15) is 22.6 Å². The molecule has 3 aromatic carbocycles. The third-order valence-electron chi connectivity index (χ3n) is 6.85. The summed E-state index contributed by atoms with van der Waals surface area (Å²) < 4.78 is 5.61. The molecular formula is C28H31N3O2. The van der Waals surface area contributed by atoms with Crippen LogP contribution in [-0.4, -0.2) is 60.7 Å². The van der Waals surface area contributed by atoms with E-state index in [9.17, 15) is 4.79 Å². The van der Waals surface area contributed by atoms with Crippen LogP contribution in [0.3, 0.4) is 0 Å². The molecule has 2 aliphatic rings. The van der Waals surface area contributed by atoms with Gasteiger partial charge in [0.05, 0.1) is 0 Å². The molecule has 1 N–H and O–H groups in total. The molecule has 33 heavy (non-hydrogen) atoms. The van der Waals surface area contributed by atoms with E-state index in [-0.39, 0.29) is 18.1 Å². The smallest absolute Gasteiger partial charge is 0.410 e. The van der Waals surface area contributed by atoms with Gasteiger partial charge >= 0.3 is 6.09 Å². The van der Waals surface area contributed by atoms with Gasteiger partial charge in [-0.1, -0.05) is 91.0 Å². The molecule has 170 valence electrons. The first-order chi connectivity index (χ1) is 16.3. The summed E-state index contributed by atoms with van der Waals surface area (Å²) in [6, 6.07) is 32.1. The lowest BCUT2D eigenvalue weighted by molar-refractivity contribution is 0.00851. The Kier molecular flexibility index (Phi) is 6.70. The number of nitrogens with zero attached hydrogens (tertiary/aromatic N) is 2. The topological polar surface area (TPSA) is 44.8 Å². The molecule has 2 heterocycles. The number of hydrogen-bond donors (Lipinski definition) is 1. The second kappa shape index (κ2) is 10.2. The number of piperazine rings is 2. The SMILES string of the molecule is O=C(OCc1ccccc1)N1CCN2C(CNCC2C(c2ccccc2)c2ccccc2)C1. The Balaban J connectivity index is 1.30. The molecule has 2 atom stereocenters. The molecule has 2 unspecified atom stereocenters. The molecule has 0 bridgehead atoms. The fourth-order valence-electron chi connectivity index (χ4n) is 5.25. The molecule has 2 fully saturated rings. The van der Waals surface area contributed by atoms with Crippen LogP contribution in [0.5, 0.6) is 0 Å². The van der Waals surface area contributed by atoms with Crippen molar-refractivity contribution in [2.45, 2.75) is 24.6 Å². The summed E-state index contributed by atoms with van der Waals surface area (Å²) in [6.07, 6.45) is -0.219. The summed E-state index contributed by atoms with van der Waals surface area (Å²) in [5, 5.41) is 3.65. The zero-order chi connectivity index (χ0) is 22.5. The quantitative estimate of drug-likeness (QED) is 0.647. The van der Waals surface area contributed by atoms with Crippen LogP contribution in [-0.2, 0) is 11.3 Å². The van der Waals surface area contributed by atoms with Crippen molar-refractivity contribution in [1.82, 2.24) is 15.1 Å². The average Bonchev–Trinajstić information content (AvgIpc) is 2.89. The van der Waals surface area contributed by atoms with Gasteiger partial charge in [0.15, 0.2) is 0 Å². The van der Waals surface area contributed by atoms with E-state index in [0.717, 1.165) is 25.2 Å². The monoisotopic (exact) mass is 441 g/mol. The van der Waals surface area contributed by atoms with E-state index >= 15 is 0 Å². The van der Waals surface area contributed by atoms with Gasteiger partial charge in [-0.15, -0.1) is 0 Å². The van der Waals surface area contributed by atoms with Crippen LogP contribution in [0.25, 0.3) is 0 Å². The van der Waals surface area contributed by atoms with Crippen LogP contribution < -0.4 is 5.32 Å². The zero-order valence-corrected chi connectivity index (χ0v) is 18.8. The molecule has 0 aliphatic carbocycles. The molecule has 0 saturated carbocycles. The lowest BCUT2D eigenvalue weighted by Crippen LogP contribution is -2.66. The number of amides is 1. The lowest BCUT2D eigenvalue weighted by Gasteiger charge is -2.50. The third-order valence-corrected chi connectivity index (χ3v) is 6.85. The number of benzene rings is 3. The first-order valence-corrected chi connectivity index (χ1v) is 11.8. The molecule has 3 aromatic rings. The predicted molar refractivity (Wildman–Crippen MR) is 130 cm³/mol. The first kappa shape index (κ1) is 21.7. The van der Waals surface area contributed by atoms with E-state index in [0.29, 0.717) is 25.7 Å². The van der Waals surface area contributed by atoms with E-state index in [1.54, 1.807) is 0 Å². The van der Waals surface area contributed by atoms with Crippen LogP contribution in [0, 0.1) is 0 Å². The largest absolute Gasteiger partial charge is 0.445 e. The normalized spacial score (nSPS) is 20.9. The molecule has 5 heteroatoms. The molecule has 0 radical (unpaired) electrons. The van der Waals surface area contributed by atoms with Crippen molar-refractivity contribution in [1.29, 1.82) is 0 Å². The third kappa shape index (κ3) is 4.95. The van der Waals surface area contributed by atoms with Crippen molar-refractivity contribution in [3.8, 4) is 0 Å². The predicted octanol–water partition coefficient (Wildman–Crippen LogP) is 4.11. The van der Waals surface area contributed by atoms with Gasteiger partial charge in [-0.2, -0.15) is 0 Å². The van der Waals surface area contributed by atoms with E-state index < -0.39 is 0 Å². The molecule has 1 amide bonds. The minimum atomic E-state index is -0.219. The van der Waals surface area contributed by atoms with Crippen molar-refractivity contribution in [2.24, 2.45) is 0 Å². The van der Waals surface area contributed by atoms with Gasteiger partial charge in [-0.3, -0.25) is 4.90 Å². The van der Waals surface area contributed by atoms with Gasteiger partial charge in [0.1, 0.15) is 6.61 Å². The van der Waals surface area contributed by atoms with E-state index in [1.807, 2.05) is 35.2 Å². The number of fused-ring (bicyclic) bond motifs is 1. The van der Waals surface area contributed by atoms with Crippen molar-refractivity contribution in [3.05, 3.63) is 108 Å². The maximum absolute atomic E-state index is 12.8. The summed E-state index contributed by atoms with van der Waals surface area (Å²) in [5.41, 5.74) is 3.68. The van der Waals surface area contributed by atoms with Gasteiger partial charge in [-0.05, 0) is 16.7 Å². The summed E-state index contributed by atoms with van der Waals surface area (Å²) in [4.78, 5) is 17.3. The Morgan fingerprint density at radius 2 is 1.45 bits per heavy atom. The summed E-state index contributed by atoms with van der Waals surface area (Å²) in [7, 11) is 0. The van der Waals surface area contributed by atoms with E-state index in [4.69, 9.17) is 4.74 Å². The van der Waals surface area contributed by atoms with Crippen molar-refractivity contribution in [2.75, 3.05) is 32.7 Å². The van der Waals surface area contributed by atoms with Gasteiger partial charge < -0.3 is 15.0 Å². The first-order valence-electron chi connectivity index (χ1n) is 11.8. The van der Waals surface area contributed by atoms with Crippen LogP contribution in [0.2, 0.25) is 0 Å². The van der Waals surface area contributed by atoms with Crippen molar-refractivity contribution < 1.29 is 9.53 Å². The fourth-order valence-corrected chi connectivity index (χ4v) is 5.25. The highest BCUT2D eigenvalue weighted by Gasteiger charge is 2.40. The molecular weight excluding hydrogens is 410 g/mol. The lowest BCUT2D eigenvalue weighted by atomic mass is 9.82. The van der Waals surface area contributed by atoms with Crippen molar-refractivity contribution in [3.63, 3.8) is 0 Å². The number of carbonyl (C=O) groups excluding carboxylic acids is 1. The molecule has 0 aromatic heterocycles. The highest BCUT2D eigenvalue weighted by molar-refractivity contribution is 5.68. The number of ether oxygens (including phenoxy) is 1. The standard InChI is InChI=1S/C28H31N3O2/c32-28(33-21-22-10-4-1-5-11-22)30-16-17-31-25(20-30)18-29-19-26(31)27(23-12-6-2-7-13-23)24-14-8-3-9-15-24/h1-15,25-27,29H,16-21H2. The number of nitrogens with one attached hydrogen (secondary N) is 1.